The van der Waals surface area contributed by atoms with Crippen LogP contribution in [0.5, 0.6) is 0 Å². The average Bonchev–Trinajstić information content (AvgIpc) is 3.22. The van der Waals surface area contributed by atoms with Gasteiger partial charge in [0.1, 0.15) is 0 Å². The Hall–Kier alpha value is -4.06. The summed E-state index contributed by atoms with van der Waals surface area (Å²) in [5.41, 5.74) is 3.98. The molecular weight excluding hydrogens is 388 g/mol. The fourth-order valence-corrected chi connectivity index (χ4v) is 4.84. The van der Waals surface area contributed by atoms with E-state index in [1.807, 2.05) is 48.7 Å². The minimum absolute atomic E-state index is 0.226. The number of aryl methyl sites for hydroxylation is 1. The first-order chi connectivity index (χ1) is 15.1. The SMILES string of the molecule is Cn1c(=O)c2cn3c(c2n(C)c1=O)C(c1cccc2ccccc12)Nc1ccccc1-3. The van der Waals surface area contributed by atoms with E-state index in [-0.39, 0.29) is 17.3 Å². The number of anilines is 1. The first kappa shape index (κ1) is 17.8. The highest BCUT2D eigenvalue weighted by Crippen LogP contribution is 2.41. The molecule has 1 aliphatic rings. The fourth-order valence-electron chi connectivity index (χ4n) is 4.84. The fraction of sp³-hybridized carbons (Fsp3) is 0.120. The molecule has 0 radical (unpaired) electrons. The van der Waals surface area contributed by atoms with Gasteiger partial charge in [-0.2, -0.15) is 0 Å². The van der Waals surface area contributed by atoms with E-state index in [1.165, 1.54) is 11.6 Å². The predicted molar refractivity (Wildman–Crippen MR) is 123 cm³/mol. The van der Waals surface area contributed by atoms with Gasteiger partial charge in [-0.3, -0.25) is 13.9 Å². The standard InChI is InChI=1S/C25H20N4O2/c1-27-22-18(24(30)28(2)25(27)31)14-29-20-13-6-5-12-19(20)26-21(23(22)29)17-11-7-9-15-8-3-4-10-16(15)17/h3-14,21,26H,1-2H3. The van der Waals surface area contributed by atoms with E-state index in [1.54, 1.807) is 11.6 Å². The lowest BCUT2D eigenvalue weighted by atomic mass is 9.94. The number of nitrogens with zero attached hydrogens (tertiary/aromatic N) is 3. The van der Waals surface area contributed by atoms with Gasteiger partial charge in [0.05, 0.1) is 34.0 Å². The van der Waals surface area contributed by atoms with Crippen molar-refractivity contribution in [3.8, 4) is 5.69 Å². The number of nitrogens with one attached hydrogen (secondary N) is 1. The molecule has 3 aromatic carbocycles. The van der Waals surface area contributed by atoms with Crippen molar-refractivity contribution in [3.05, 3.63) is 105 Å². The first-order valence-electron chi connectivity index (χ1n) is 10.2. The number of para-hydroxylation sites is 2. The van der Waals surface area contributed by atoms with Crippen LogP contribution in [-0.4, -0.2) is 13.7 Å². The Bertz CT molecular complexity index is 1630. The van der Waals surface area contributed by atoms with Crippen LogP contribution in [0.3, 0.4) is 0 Å². The molecule has 0 bridgehead atoms. The second kappa shape index (κ2) is 6.22. The van der Waals surface area contributed by atoms with Crippen LogP contribution in [0, 0.1) is 0 Å². The van der Waals surface area contributed by atoms with Crippen LogP contribution in [-0.2, 0) is 14.1 Å². The van der Waals surface area contributed by atoms with Crippen molar-refractivity contribution in [1.82, 2.24) is 13.7 Å². The first-order valence-corrected chi connectivity index (χ1v) is 10.2. The normalized spacial score (nSPS) is 15.0. The highest BCUT2D eigenvalue weighted by molar-refractivity contribution is 5.91. The molecule has 5 aromatic rings. The van der Waals surface area contributed by atoms with Gasteiger partial charge in [0, 0.05) is 20.3 Å². The van der Waals surface area contributed by atoms with Gasteiger partial charge < -0.3 is 9.88 Å². The maximum absolute atomic E-state index is 13.0. The molecule has 1 atom stereocenters. The zero-order chi connectivity index (χ0) is 21.3. The number of fused-ring (bicyclic) bond motifs is 6. The van der Waals surface area contributed by atoms with Crippen LogP contribution in [0.4, 0.5) is 5.69 Å². The topological polar surface area (TPSA) is 61.0 Å². The summed E-state index contributed by atoms with van der Waals surface area (Å²) in [4.78, 5) is 25.8. The van der Waals surface area contributed by atoms with Gasteiger partial charge >= 0.3 is 5.69 Å². The van der Waals surface area contributed by atoms with Crippen LogP contribution in [0.2, 0.25) is 0 Å². The van der Waals surface area contributed by atoms with Crippen LogP contribution in [0.25, 0.3) is 27.4 Å². The molecule has 6 heteroatoms. The zero-order valence-electron chi connectivity index (χ0n) is 17.2. The van der Waals surface area contributed by atoms with Crippen LogP contribution < -0.4 is 16.6 Å². The minimum Gasteiger partial charge on any atom is -0.371 e. The second-order valence-electron chi connectivity index (χ2n) is 8.02. The molecule has 152 valence electrons. The highest BCUT2D eigenvalue weighted by atomic mass is 16.2. The summed E-state index contributed by atoms with van der Waals surface area (Å²) in [6.45, 7) is 0. The van der Waals surface area contributed by atoms with Gasteiger partial charge in [-0.25, -0.2) is 4.79 Å². The predicted octanol–water partition coefficient (Wildman–Crippen LogP) is 3.70. The largest absolute Gasteiger partial charge is 0.371 e. The molecule has 31 heavy (non-hydrogen) atoms. The van der Waals surface area contributed by atoms with E-state index in [9.17, 15) is 9.59 Å². The van der Waals surface area contributed by atoms with E-state index in [2.05, 4.69) is 34.1 Å². The molecular formula is C25H20N4O2. The summed E-state index contributed by atoms with van der Waals surface area (Å²) in [7, 11) is 3.25. The van der Waals surface area contributed by atoms with Gasteiger partial charge in [-0.1, -0.05) is 54.6 Å². The lowest BCUT2D eigenvalue weighted by Gasteiger charge is -2.31. The third-order valence-corrected chi connectivity index (χ3v) is 6.33. The maximum Gasteiger partial charge on any atom is 0.331 e. The summed E-state index contributed by atoms with van der Waals surface area (Å²) in [5, 5.41) is 6.49. The Balaban J connectivity index is 1.78. The van der Waals surface area contributed by atoms with E-state index in [0.717, 1.165) is 33.4 Å². The van der Waals surface area contributed by atoms with Crippen molar-refractivity contribution in [2.45, 2.75) is 6.04 Å². The molecule has 6 rings (SSSR count). The van der Waals surface area contributed by atoms with Gasteiger partial charge in [0.2, 0.25) is 0 Å². The van der Waals surface area contributed by atoms with Crippen molar-refractivity contribution < 1.29 is 0 Å². The third kappa shape index (κ3) is 2.33. The van der Waals surface area contributed by atoms with Gasteiger partial charge in [-0.15, -0.1) is 0 Å². The van der Waals surface area contributed by atoms with Crippen molar-refractivity contribution in [1.29, 1.82) is 0 Å². The number of benzene rings is 3. The highest BCUT2D eigenvalue weighted by Gasteiger charge is 2.31. The van der Waals surface area contributed by atoms with E-state index in [4.69, 9.17) is 0 Å². The van der Waals surface area contributed by atoms with Gasteiger partial charge in [0.25, 0.3) is 5.56 Å². The Labute approximate surface area is 177 Å². The molecule has 0 spiro atoms. The molecule has 2 aromatic heterocycles. The molecule has 0 fully saturated rings. The Morgan fingerprint density at radius 3 is 2.42 bits per heavy atom. The molecule has 0 amide bonds. The molecule has 0 aliphatic carbocycles. The summed E-state index contributed by atoms with van der Waals surface area (Å²) in [6, 6.07) is 22.3. The molecule has 0 saturated carbocycles. The maximum atomic E-state index is 13.0. The average molecular weight is 408 g/mol. The molecule has 6 nitrogen and oxygen atoms in total. The van der Waals surface area contributed by atoms with Gasteiger partial charge in [-0.05, 0) is 28.5 Å². The lowest BCUT2D eigenvalue weighted by molar-refractivity contribution is 0.708. The molecule has 3 heterocycles. The van der Waals surface area contributed by atoms with Crippen LogP contribution in [0.1, 0.15) is 17.3 Å². The van der Waals surface area contributed by atoms with Crippen molar-refractivity contribution in [2.24, 2.45) is 14.1 Å². The molecule has 1 N–H and O–H groups in total. The molecule has 1 unspecified atom stereocenters. The number of rotatable bonds is 1. The van der Waals surface area contributed by atoms with Crippen molar-refractivity contribution in [3.63, 3.8) is 0 Å². The monoisotopic (exact) mass is 408 g/mol. The number of hydrogen-bond donors (Lipinski definition) is 1. The van der Waals surface area contributed by atoms with E-state index < -0.39 is 0 Å². The van der Waals surface area contributed by atoms with Crippen molar-refractivity contribution >= 4 is 27.4 Å². The Morgan fingerprint density at radius 1 is 0.806 bits per heavy atom. The van der Waals surface area contributed by atoms with Crippen LogP contribution >= 0.6 is 0 Å². The Kier molecular flexibility index (Phi) is 3.56. The summed E-state index contributed by atoms with van der Waals surface area (Å²) in [5.74, 6) is 0. The minimum atomic E-state index is -0.331. The van der Waals surface area contributed by atoms with E-state index in [0.29, 0.717) is 10.9 Å². The van der Waals surface area contributed by atoms with Crippen molar-refractivity contribution in [2.75, 3.05) is 5.32 Å². The smallest absolute Gasteiger partial charge is 0.331 e. The van der Waals surface area contributed by atoms with Crippen LogP contribution in [0.15, 0.2) is 82.5 Å². The number of hydrogen-bond acceptors (Lipinski definition) is 3. The third-order valence-electron chi connectivity index (χ3n) is 6.33. The summed E-state index contributed by atoms with van der Waals surface area (Å²) < 4.78 is 4.81. The quantitative estimate of drug-likeness (QED) is 0.460. The van der Waals surface area contributed by atoms with Gasteiger partial charge in [0.15, 0.2) is 0 Å². The zero-order valence-corrected chi connectivity index (χ0v) is 17.2. The molecule has 0 saturated heterocycles. The molecule has 1 aliphatic heterocycles. The van der Waals surface area contributed by atoms with E-state index >= 15 is 0 Å². The summed E-state index contributed by atoms with van der Waals surface area (Å²) in [6.07, 6.45) is 1.87. The second-order valence-corrected chi connectivity index (χ2v) is 8.02. The number of aromatic nitrogens is 3. The lowest BCUT2D eigenvalue weighted by Crippen LogP contribution is -2.37. The summed E-state index contributed by atoms with van der Waals surface area (Å²) >= 11 is 0. The Morgan fingerprint density at radius 2 is 1.55 bits per heavy atom.